The molecule has 0 aliphatic carbocycles. The average molecular weight is 552 g/mol. The molecule has 2 aromatic heterocycles. The lowest BCUT2D eigenvalue weighted by atomic mass is 9.98. The van der Waals surface area contributed by atoms with E-state index in [1.807, 2.05) is 72.8 Å². The standard InChI is InChI=1S/C39H25N3O/c1-4-13-26(14-5-1)29-19-12-20-30(25-29)38-40-37(28-17-8-3-9-18-28)41-39(42-38)33-24-23-31(27-15-6-2-7-16-27)36-35(33)32-21-10-11-22-34(32)43-36/h1-25H. The van der Waals surface area contributed by atoms with Crippen molar-refractivity contribution >= 4 is 21.9 Å². The third-order valence-corrected chi connectivity index (χ3v) is 7.75. The molecule has 6 aromatic carbocycles. The number of para-hydroxylation sites is 1. The third-order valence-electron chi connectivity index (χ3n) is 7.75. The van der Waals surface area contributed by atoms with Gasteiger partial charge in [-0.1, -0.05) is 127 Å². The Morgan fingerprint density at radius 2 is 0.907 bits per heavy atom. The normalized spacial score (nSPS) is 11.3. The largest absolute Gasteiger partial charge is 0.455 e. The van der Waals surface area contributed by atoms with Crippen LogP contribution in [0.5, 0.6) is 0 Å². The van der Waals surface area contributed by atoms with E-state index in [4.69, 9.17) is 19.4 Å². The SMILES string of the molecule is c1ccc(-c2cccc(-c3nc(-c4ccccc4)nc(-c4ccc(-c5ccccc5)c5oc6ccccc6c45)n3)c2)cc1. The summed E-state index contributed by atoms with van der Waals surface area (Å²) in [6, 6.07) is 51.5. The first kappa shape index (κ1) is 24.9. The molecule has 0 amide bonds. The van der Waals surface area contributed by atoms with Gasteiger partial charge in [0.25, 0.3) is 0 Å². The van der Waals surface area contributed by atoms with E-state index in [1.165, 1.54) is 0 Å². The van der Waals surface area contributed by atoms with Gasteiger partial charge in [-0.15, -0.1) is 0 Å². The Balaban J connectivity index is 1.38. The molecule has 4 nitrogen and oxygen atoms in total. The number of benzene rings is 6. The predicted octanol–water partition coefficient (Wildman–Crippen LogP) is 10.1. The van der Waals surface area contributed by atoms with Crippen LogP contribution in [0.15, 0.2) is 156 Å². The highest BCUT2D eigenvalue weighted by molar-refractivity contribution is 6.15. The molecule has 0 aliphatic rings. The molecular weight excluding hydrogens is 526 g/mol. The molecule has 0 aliphatic heterocycles. The summed E-state index contributed by atoms with van der Waals surface area (Å²) in [4.78, 5) is 15.1. The van der Waals surface area contributed by atoms with Gasteiger partial charge < -0.3 is 4.42 Å². The highest BCUT2D eigenvalue weighted by Gasteiger charge is 2.20. The fourth-order valence-electron chi connectivity index (χ4n) is 5.67. The molecule has 0 spiro atoms. The molecular formula is C39H25N3O. The minimum atomic E-state index is 0.602. The molecule has 0 N–H and O–H groups in total. The molecule has 0 radical (unpaired) electrons. The van der Waals surface area contributed by atoms with Gasteiger partial charge in [-0.2, -0.15) is 0 Å². The number of rotatable bonds is 5. The maximum absolute atomic E-state index is 6.52. The monoisotopic (exact) mass is 551 g/mol. The van der Waals surface area contributed by atoms with E-state index in [0.29, 0.717) is 17.5 Å². The Morgan fingerprint density at radius 3 is 1.65 bits per heavy atom. The Bertz CT molecular complexity index is 2220. The van der Waals surface area contributed by atoms with Crippen LogP contribution < -0.4 is 0 Å². The zero-order valence-electron chi connectivity index (χ0n) is 23.2. The zero-order valence-corrected chi connectivity index (χ0v) is 23.2. The minimum absolute atomic E-state index is 0.602. The Morgan fingerprint density at radius 1 is 0.372 bits per heavy atom. The van der Waals surface area contributed by atoms with E-state index in [2.05, 4.69) is 78.9 Å². The van der Waals surface area contributed by atoms with Crippen LogP contribution in [-0.4, -0.2) is 15.0 Å². The van der Waals surface area contributed by atoms with Gasteiger partial charge in [0.2, 0.25) is 0 Å². The second-order valence-corrected chi connectivity index (χ2v) is 10.4. The second kappa shape index (κ2) is 10.5. The van der Waals surface area contributed by atoms with E-state index in [9.17, 15) is 0 Å². The van der Waals surface area contributed by atoms with Crippen molar-refractivity contribution in [3.05, 3.63) is 152 Å². The summed E-state index contributed by atoms with van der Waals surface area (Å²) in [5.41, 5.74) is 8.79. The lowest BCUT2D eigenvalue weighted by molar-refractivity contribution is 0.670. The molecule has 202 valence electrons. The number of hydrogen-bond donors (Lipinski definition) is 0. The van der Waals surface area contributed by atoms with Crippen LogP contribution in [0.2, 0.25) is 0 Å². The second-order valence-electron chi connectivity index (χ2n) is 10.4. The van der Waals surface area contributed by atoms with Crippen molar-refractivity contribution in [3.8, 4) is 56.4 Å². The summed E-state index contributed by atoms with van der Waals surface area (Å²) in [5.74, 6) is 1.85. The minimum Gasteiger partial charge on any atom is -0.455 e. The highest BCUT2D eigenvalue weighted by atomic mass is 16.3. The third kappa shape index (κ3) is 4.55. The number of aromatic nitrogens is 3. The molecule has 0 atom stereocenters. The highest BCUT2D eigenvalue weighted by Crippen LogP contribution is 2.41. The van der Waals surface area contributed by atoms with Gasteiger partial charge >= 0.3 is 0 Å². The summed E-state index contributed by atoms with van der Waals surface area (Å²) >= 11 is 0. The number of furan rings is 1. The van der Waals surface area contributed by atoms with Crippen molar-refractivity contribution in [1.29, 1.82) is 0 Å². The maximum Gasteiger partial charge on any atom is 0.164 e. The van der Waals surface area contributed by atoms with Gasteiger partial charge in [0.05, 0.1) is 0 Å². The first-order chi connectivity index (χ1) is 21.3. The van der Waals surface area contributed by atoms with Gasteiger partial charge in [-0.05, 0) is 41.0 Å². The van der Waals surface area contributed by atoms with Gasteiger partial charge in [0.1, 0.15) is 11.2 Å². The number of fused-ring (bicyclic) bond motifs is 3. The van der Waals surface area contributed by atoms with Crippen molar-refractivity contribution in [3.63, 3.8) is 0 Å². The van der Waals surface area contributed by atoms with Crippen LogP contribution in [0, 0.1) is 0 Å². The van der Waals surface area contributed by atoms with Crippen LogP contribution in [0.25, 0.3) is 78.4 Å². The molecule has 0 fully saturated rings. The average Bonchev–Trinajstić information content (AvgIpc) is 3.49. The molecule has 0 saturated carbocycles. The van der Waals surface area contributed by atoms with E-state index in [0.717, 1.165) is 60.9 Å². The van der Waals surface area contributed by atoms with Crippen LogP contribution in [0.1, 0.15) is 0 Å². The summed E-state index contributed by atoms with van der Waals surface area (Å²) < 4.78 is 6.52. The van der Waals surface area contributed by atoms with Gasteiger partial charge in [-0.25, -0.2) is 15.0 Å². The quantitative estimate of drug-likeness (QED) is 0.214. The molecule has 4 heteroatoms. The summed E-state index contributed by atoms with van der Waals surface area (Å²) in [5, 5.41) is 2.02. The molecule has 0 saturated heterocycles. The van der Waals surface area contributed by atoms with Crippen molar-refractivity contribution in [2.75, 3.05) is 0 Å². The van der Waals surface area contributed by atoms with E-state index < -0.39 is 0 Å². The van der Waals surface area contributed by atoms with Crippen molar-refractivity contribution in [2.24, 2.45) is 0 Å². The summed E-state index contributed by atoms with van der Waals surface area (Å²) in [6.45, 7) is 0. The van der Waals surface area contributed by atoms with Crippen LogP contribution in [-0.2, 0) is 0 Å². The Hall–Kier alpha value is -5.87. The molecule has 8 aromatic rings. The molecule has 0 unspecified atom stereocenters. The Labute approximate surface area is 249 Å². The lowest BCUT2D eigenvalue weighted by Gasteiger charge is -2.11. The molecule has 8 rings (SSSR count). The molecule has 2 heterocycles. The van der Waals surface area contributed by atoms with Crippen molar-refractivity contribution in [1.82, 2.24) is 15.0 Å². The van der Waals surface area contributed by atoms with Crippen molar-refractivity contribution < 1.29 is 4.42 Å². The van der Waals surface area contributed by atoms with Crippen LogP contribution >= 0.6 is 0 Å². The fraction of sp³-hybridized carbons (Fsp3) is 0. The number of hydrogen-bond acceptors (Lipinski definition) is 4. The van der Waals surface area contributed by atoms with Crippen LogP contribution in [0.3, 0.4) is 0 Å². The lowest BCUT2D eigenvalue weighted by Crippen LogP contribution is -2.00. The Kier molecular flexibility index (Phi) is 6.08. The van der Waals surface area contributed by atoms with Crippen molar-refractivity contribution in [2.45, 2.75) is 0 Å². The van der Waals surface area contributed by atoms with E-state index in [1.54, 1.807) is 0 Å². The number of nitrogens with zero attached hydrogens (tertiary/aromatic N) is 3. The van der Waals surface area contributed by atoms with E-state index >= 15 is 0 Å². The first-order valence-electron chi connectivity index (χ1n) is 14.3. The topological polar surface area (TPSA) is 51.8 Å². The fourth-order valence-corrected chi connectivity index (χ4v) is 5.67. The van der Waals surface area contributed by atoms with Gasteiger partial charge in [0.15, 0.2) is 17.5 Å². The van der Waals surface area contributed by atoms with E-state index in [-0.39, 0.29) is 0 Å². The first-order valence-corrected chi connectivity index (χ1v) is 14.3. The smallest absolute Gasteiger partial charge is 0.164 e. The molecule has 43 heavy (non-hydrogen) atoms. The van der Waals surface area contributed by atoms with Gasteiger partial charge in [-0.3, -0.25) is 0 Å². The van der Waals surface area contributed by atoms with Gasteiger partial charge in [0, 0.05) is 33.0 Å². The summed E-state index contributed by atoms with van der Waals surface area (Å²) in [6.07, 6.45) is 0. The maximum atomic E-state index is 6.52. The molecule has 0 bridgehead atoms. The zero-order chi connectivity index (χ0) is 28.6. The van der Waals surface area contributed by atoms with Crippen LogP contribution in [0.4, 0.5) is 0 Å². The predicted molar refractivity (Wildman–Crippen MR) is 174 cm³/mol. The summed E-state index contributed by atoms with van der Waals surface area (Å²) in [7, 11) is 0.